The zero-order valence-corrected chi connectivity index (χ0v) is 12.6. The Balaban J connectivity index is 2.06. The van der Waals surface area contributed by atoms with Gasteiger partial charge in [0.25, 0.3) is 0 Å². The van der Waals surface area contributed by atoms with E-state index in [2.05, 4.69) is 4.98 Å². The fourth-order valence-electron chi connectivity index (χ4n) is 2.09. The Hall–Kier alpha value is -1.85. The van der Waals surface area contributed by atoms with E-state index in [1.165, 1.54) is 23.5 Å². The molecule has 3 aromatic rings. The molecule has 0 atom stereocenters. The number of halogens is 4. The van der Waals surface area contributed by atoms with Gasteiger partial charge in [0.05, 0.1) is 16.1 Å². The fourth-order valence-corrected chi connectivity index (χ4v) is 3.23. The average Bonchev–Trinajstić information content (AvgIpc) is 2.89. The fraction of sp³-hybridized carbons (Fsp3) is 0.0625. The van der Waals surface area contributed by atoms with Crippen LogP contribution in [0.25, 0.3) is 21.7 Å². The first-order chi connectivity index (χ1) is 10.4. The first-order valence-corrected chi connectivity index (χ1v) is 7.54. The van der Waals surface area contributed by atoms with Crippen LogP contribution in [-0.2, 0) is 6.18 Å². The molecule has 1 heterocycles. The van der Waals surface area contributed by atoms with E-state index in [4.69, 9.17) is 11.6 Å². The summed E-state index contributed by atoms with van der Waals surface area (Å²) in [6.45, 7) is 0. The third-order valence-corrected chi connectivity index (χ3v) is 4.33. The number of nitrogens with zero attached hydrogens (tertiary/aromatic N) is 1. The van der Waals surface area contributed by atoms with Crippen molar-refractivity contribution in [2.24, 2.45) is 0 Å². The molecular weight excluding hydrogens is 331 g/mol. The molecule has 0 fully saturated rings. The summed E-state index contributed by atoms with van der Waals surface area (Å²) in [6.07, 6.45) is -4.34. The summed E-state index contributed by atoms with van der Waals surface area (Å²) in [7, 11) is 0. The maximum Gasteiger partial charge on any atom is 0.416 e. The van der Waals surface area contributed by atoms with Crippen molar-refractivity contribution >= 4 is 22.9 Å². The van der Waals surface area contributed by atoms with E-state index < -0.39 is 11.7 Å². The van der Waals surface area contributed by atoms with Gasteiger partial charge in [-0.3, -0.25) is 0 Å². The van der Waals surface area contributed by atoms with Crippen LogP contribution in [0.15, 0.2) is 54.6 Å². The first kappa shape index (κ1) is 15.1. The number of thiazole rings is 1. The molecule has 0 N–H and O–H groups in total. The molecule has 0 aliphatic heterocycles. The highest BCUT2D eigenvalue weighted by atomic mass is 35.5. The summed E-state index contributed by atoms with van der Waals surface area (Å²) in [4.78, 5) is 5.04. The molecule has 1 aromatic heterocycles. The van der Waals surface area contributed by atoms with Gasteiger partial charge < -0.3 is 0 Å². The van der Waals surface area contributed by atoms with Gasteiger partial charge in [0.15, 0.2) is 4.47 Å². The molecule has 0 spiro atoms. The van der Waals surface area contributed by atoms with E-state index >= 15 is 0 Å². The van der Waals surface area contributed by atoms with Crippen molar-refractivity contribution in [3.63, 3.8) is 0 Å². The minimum atomic E-state index is -4.34. The number of hydrogen-bond acceptors (Lipinski definition) is 2. The molecule has 0 saturated heterocycles. The molecule has 0 aliphatic rings. The van der Waals surface area contributed by atoms with E-state index in [-0.39, 0.29) is 0 Å². The Morgan fingerprint density at radius 3 is 2.09 bits per heavy atom. The number of alkyl halides is 3. The molecule has 0 aliphatic carbocycles. The minimum Gasteiger partial charge on any atom is -0.224 e. The molecule has 0 amide bonds. The highest BCUT2D eigenvalue weighted by Crippen LogP contribution is 2.39. The molecule has 0 bridgehead atoms. The molecule has 1 nitrogen and oxygen atoms in total. The Morgan fingerprint density at radius 1 is 0.864 bits per heavy atom. The monoisotopic (exact) mass is 339 g/mol. The topological polar surface area (TPSA) is 12.9 Å². The Bertz CT molecular complexity index is 779. The number of rotatable bonds is 2. The lowest BCUT2D eigenvalue weighted by Gasteiger charge is -2.07. The second-order valence-corrected chi connectivity index (χ2v) is 6.17. The molecule has 0 radical (unpaired) electrons. The quantitative estimate of drug-likeness (QED) is 0.545. The third kappa shape index (κ3) is 3.00. The number of aromatic nitrogens is 1. The summed E-state index contributed by atoms with van der Waals surface area (Å²) in [5.41, 5.74) is 1.54. The van der Waals surface area contributed by atoms with E-state index in [0.29, 0.717) is 15.7 Å². The lowest BCUT2D eigenvalue weighted by molar-refractivity contribution is -0.137. The molecule has 0 saturated carbocycles. The summed E-state index contributed by atoms with van der Waals surface area (Å²) in [6, 6.07) is 14.4. The Morgan fingerprint density at radius 2 is 1.50 bits per heavy atom. The first-order valence-electron chi connectivity index (χ1n) is 6.34. The summed E-state index contributed by atoms with van der Waals surface area (Å²) < 4.78 is 38.3. The highest BCUT2D eigenvalue weighted by Gasteiger charge is 2.30. The van der Waals surface area contributed by atoms with Crippen molar-refractivity contribution in [2.45, 2.75) is 6.18 Å². The van der Waals surface area contributed by atoms with Gasteiger partial charge in [0, 0.05) is 5.56 Å². The van der Waals surface area contributed by atoms with Gasteiger partial charge in [-0.05, 0) is 17.7 Å². The van der Waals surface area contributed by atoms with Crippen molar-refractivity contribution in [2.75, 3.05) is 0 Å². The second-order valence-electron chi connectivity index (χ2n) is 4.59. The average molecular weight is 340 g/mol. The van der Waals surface area contributed by atoms with Crippen LogP contribution >= 0.6 is 22.9 Å². The minimum absolute atomic E-state index is 0.355. The van der Waals surface area contributed by atoms with Gasteiger partial charge in [-0.2, -0.15) is 13.2 Å². The summed E-state index contributed by atoms with van der Waals surface area (Å²) >= 11 is 7.25. The molecule has 3 rings (SSSR count). The van der Waals surface area contributed by atoms with E-state index in [1.807, 2.05) is 30.3 Å². The normalized spacial score (nSPS) is 11.6. The zero-order valence-electron chi connectivity index (χ0n) is 11.1. The van der Waals surface area contributed by atoms with E-state index in [9.17, 15) is 13.2 Å². The number of hydrogen-bond donors (Lipinski definition) is 0. The predicted octanol–water partition coefficient (Wildman–Crippen LogP) is 6.15. The van der Waals surface area contributed by atoms with Crippen molar-refractivity contribution in [1.82, 2.24) is 4.98 Å². The second kappa shape index (κ2) is 5.74. The van der Waals surface area contributed by atoms with Crippen LogP contribution in [0.2, 0.25) is 4.47 Å². The maximum atomic E-state index is 12.6. The van der Waals surface area contributed by atoms with Gasteiger partial charge in [-0.25, -0.2) is 4.98 Å². The van der Waals surface area contributed by atoms with E-state index in [0.717, 1.165) is 22.6 Å². The smallest absolute Gasteiger partial charge is 0.224 e. The third-order valence-electron chi connectivity index (χ3n) is 3.12. The number of benzene rings is 2. The van der Waals surface area contributed by atoms with Gasteiger partial charge >= 0.3 is 6.18 Å². The van der Waals surface area contributed by atoms with Crippen LogP contribution in [0.4, 0.5) is 13.2 Å². The maximum absolute atomic E-state index is 12.6. The summed E-state index contributed by atoms with van der Waals surface area (Å²) in [5.74, 6) is 0. The summed E-state index contributed by atoms with van der Waals surface area (Å²) in [5, 5.41) is 0. The van der Waals surface area contributed by atoms with E-state index in [1.54, 1.807) is 0 Å². The molecule has 6 heteroatoms. The van der Waals surface area contributed by atoms with Crippen molar-refractivity contribution in [3.8, 4) is 21.7 Å². The lowest BCUT2D eigenvalue weighted by atomic mass is 10.1. The van der Waals surface area contributed by atoms with Crippen LogP contribution in [0.5, 0.6) is 0 Å². The van der Waals surface area contributed by atoms with Crippen LogP contribution in [0.3, 0.4) is 0 Å². The van der Waals surface area contributed by atoms with Gasteiger partial charge in [-0.1, -0.05) is 54.1 Å². The zero-order chi connectivity index (χ0) is 15.7. The molecule has 112 valence electrons. The van der Waals surface area contributed by atoms with Crippen LogP contribution in [0.1, 0.15) is 5.56 Å². The molecule has 2 aromatic carbocycles. The van der Waals surface area contributed by atoms with Gasteiger partial charge in [0.2, 0.25) is 0 Å². The lowest BCUT2D eigenvalue weighted by Crippen LogP contribution is -2.03. The molecule has 22 heavy (non-hydrogen) atoms. The van der Waals surface area contributed by atoms with Crippen molar-refractivity contribution in [3.05, 3.63) is 64.6 Å². The van der Waals surface area contributed by atoms with Crippen molar-refractivity contribution < 1.29 is 13.2 Å². The van der Waals surface area contributed by atoms with Crippen LogP contribution in [0, 0.1) is 0 Å². The Kier molecular flexibility index (Phi) is 3.93. The van der Waals surface area contributed by atoms with Crippen LogP contribution in [-0.4, -0.2) is 4.98 Å². The largest absolute Gasteiger partial charge is 0.416 e. The van der Waals surface area contributed by atoms with Crippen molar-refractivity contribution in [1.29, 1.82) is 0 Å². The molecule has 0 unspecified atom stereocenters. The van der Waals surface area contributed by atoms with Crippen LogP contribution < -0.4 is 0 Å². The predicted molar refractivity (Wildman–Crippen MR) is 83.0 cm³/mol. The standard InChI is InChI=1S/C16H9ClF3NS/c17-15-21-13(10-4-2-1-3-5-10)14(22-15)11-6-8-12(9-7-11)16(18,19)20/h1-9H. The highest BCUT2D eigenvalue weighted by molar-refractivity contribution is 7.19. The Labute approximate surface area is 134 Å². The van der Waals surface area contributed by atoms with Gasteiger partial charge in [-0.15, -0.1) is 11.3 Å². The SMILES string of the molecule is FC(F)(F)c1ccc(-c2sc(Cl)nc2-c2ccccc2)cc1. The molecular formula is C16H9ClF3NS. The van der Waals surface area contributed by atoms with Gasteiger partial charge in [0.1, 0.15) is 0 Å².